The predicted molar refractivity (Wildman–Crippen MR) is 82.1 cm³/mol. The Morgan fingerprint density at radius 1 is 1.28 bits per heavy atom. The first-order chi connectivity index (χ1) is 8.30. The first-order valence-electron chi connectivity index (χ1n) is 7.42. The van der Waals surface area contributed by atoms with Crippen LogP contribution in [0, 0.1) is 11.3 Å². The van der Waals surface area contributed by atoms with Gasteiger partial charge < -0.3 is 10.6 Å². The second-order valence-corrected chi connectivity index (χ2v) is 9.31. The van der Waals surface area contributed by atoms with Gasteiger partial charge in [0.15, 0.2) is 0 Å². The van der Waals surface area contributed by atoms with Crippen molar-refractivity contribution in [2.45, 2.75) is 57.7 Å². The Labute approximate surface area is 117 Å². The molecule has 0 bridgehead atoms. The molecule has 0 aromatic rings. The molecular weight excluding hydrogens is 240 g/mol. The molecule has 1 saturated carbocycles. The molecule has 2 N–H and O–H groups in total. The summed E-state index contributed by atoms with van der Waals surface area (Å²) in [5, 5.41) is 0. The Morgan fingerprint density at radius 2 is 2.00 bits per heavy atom. The minimum absolute atomic E-state index is 0.336. The fraction of sp³-hybridized carbons (Fsp3) is 1.00. The maximum absolute atomic E-state index is 6.51. The standard InChI is InChI=1S/C15H30N2S/c1-14(2)7-5-6-12(13(14)16)10-17-8-9-18-15(3,4)11-17/h12-13H,5-11,16H2,1-4H3. The van der Waals surface area contributed by atoms with Gasteiger partial charge in [-0.05, 0) is 38.0 Å². The molecule has 0 aromatic heterocycles. The minimum Gasteiger partial charge on any atom is -0.327 e. The van der Waals surface area contributed by atoms with Gasteiger partial charge in [-0.15, -0.1) is 0 Å². The molecule has 0 amide bonds. The Morgan fingerprint density at radius 3 is 2.67 bits per heavy atom. The number of thioether (sulfide) groups is 1. The van der Waals surface area contributed by atoms with E-state index in [0.29, 0.717) is 22.1 Å². The van der Waals surface area contributed by atoms with E-state index < -0.39 is 0 Å². The van der Waals surface area contributed by atoms with Crippen LogP contribution in [0.3, 0.4) is 0 Å². The van der Waals surface area contributed by atoms with Gasteiger partial charge in [0.25, 0.3) is 0 Å². The zero-order chi connectivity index (χ0) is 13.4. The van der Waals surface area contributed by atoms with E-state index in [1.54, 1.807) is 0 Å². The van der Waals surface area contributed by atoms with Crippen LogP contribution in [0.4, 0.5) is 0 Å². The molecule has 1 aliphatic heterocycles. The largest absolute Gasteiger partial charge is 0.327 e. The molecular formula is C15H30N2S. The Kier molecular flexibility index (Phi) is 4.35. The first-order valence-corrected chi connectivity index (χ1v) is 8.41. The average molecular weight is 270 g/mol. The van der Waals surface area contributed by atoms with Gasteiger partial charge in [0.2, 0.25) is 0 Å². The van der Waals surface area contributed by atoms with Crippen LogP contribution in [0.15, 0.2) is 0 Å². The van der Waals surface area contributed by atoms with Gasteiger partial charge >= 0.3 is 0 Å². The van der Waals surface area contributed by atoms with Crippen LogP contribution in [0.1, 0.15) is 47.0 Å². The lowest BCUT2D eigenvalue weighted by Gasteiger charge is -2.45. The van der Waals surface area contributed by atoms with Crippen LogP contribution < -0.4 is 5.73 Å². The summed E-state index contributed by atoms with van der Waals surface area (Å²) in [6.07, 6.45) is 3.98. The number of rotatable bonds is 2. The topological polar surface area (TPSA) is 29.3 Å². The maximum Gasteiger partial charge on any atom is 0.0231 e. The lowest BCUT2D eigenvalue weighted by atomic mass is 9.68. The summed E-state index contributed by atoms with van der Waals surface area (Å²) in [6.45, 7) is 13.1. The molecule has 2 unspecified atom stereocenters. The van der Waals surface area contributed by atoms with Crippen molar-refractivity contribution in [3.05, 3.63) is 0 Å². The molecule has 1 heterocycles. The van der Waals surface area contributed by atoms with Crippen LogP contribution in [0.5, 0.6) is 0 Å². The van der Waals surface area contributed by atoms with E-state index in [1.807, 2.05) is 0 Å². The molecule has 2 fully saturated rings. The first kappa shape index (κ1) is 14.7. The van der Waals surface area contributed by atoms with Gasteiger partial charge in [-0.25, -0.2) is 0 Å². The van der Waals surface area contributed by atoms with Crippen molar-refractivity contribution < 1.29 is 0 Å². The molecule has 2 rings (SSSR count). The smallest absolute Gasteiger partial charge is 0.0231 e. The van der Waals surface area contributed by atoms with Gasteiger partial charge in [0.1, 0.15) is 0 Å². The van der Waals surface area contributed by atoms with Gasteiger partial charge in [0, 0.05) is 36.2 Å². The number of nitrogens with zero attached hydrogens (tertiary/aromatic N) is 1. The summed E-state index contributed by atoms with van der Waals surface area (Å²) < 4.78 is 0.423. The molecule has 1 aliphatic carbocycles. The van der Waals surface area contributed by atoms with Gasteiger partial charge in [-0.2, -0.15) is 11.8 Å². The van der Waals surface area contributed by atoms with Crippen LogP contribution >= 0.6 is 11.8 Å². The highest BCUT2D eigenvalue weighted by Gasteiger charge is 2.38. The molecule has 2 aliphatic rings. The second kappa shape index (κ2) is 5.34. The van der Waals surface area contributed by atoms with Crippen molar-refractivity contribution >= 4 is 11.8 Å². The fourth-order valence-electron chi connectivity index (χ4n) is 3.61. The fourth-order valence-corrected chi connectivity index (χ4v) is 4.79. The molecule has 0 aromatic carbocycles. The molecule has 3 heteroatoms. The van der Waals surface area contributed by atoms with Crippen molar-refractivity contribution in [3.63, 3.8) is 0 Å². The molecule has 0 radical (unpaired) electrons. The minimum atomic E-state index is 0.336. The highest BCUT2D eigenvalue weighted by molar-refractivity contribution is 8.00. The molecule has 1 saturated heterocycles. The number of hydrogen-bond donors (Lipinski definition) is 1. The van der Waals surface area contributed by atoms with Crippen LogP contribution in [0.2, 0.25) is 0 Å². The number of nitrogens with two attached hydrogens (primary N) is 1. The van der Waals surface area contributed by atoms with Gasteiger partial charge in [0.05, 0.1) is 0 Å². The highest BCUT2D eigenvalue weighted by Crippen LogP contribution is 2.39. The van der Waals surface area contributed by atoms with E-state index in [9.17, 15) is 0 Å². The summed E-state index contributed by atoms with van der Waals surface area (Å²) in [5.74, 6) is 1.98. The van der Waals surface area contributed by atoms with E-state index in [1.165, 1.54) is 44.6 Å². The third-order valence-corrected chi connectivity index (χ3v) is 6.10. The lowest BCUT2D eigenvalue weighted by Crippen LogP contribution is -2.52. The lowest BCUT2D eigenvalue weighted by molar-refractivity contribution is 0.100. The Balaban J connectivity index is 1.92. The molecule has 2 nitrogen and oxygen atoms in total. The maximum atomic E-state index is 6.51. The van der Waals surface area contributed by atoms with E-state index in [0.717, 1.165) is 0 Å². The van der Waals surface area contributed by atoms with Crippen molar-refractivity contribution in [2.75, 3.05) is 25.4 Å². The van der Waals surface area contributed by atoms with E-state index in [-0.39, 0.29) is 0 Å². The normalized spacial score (nSPS) is 36.5. The van der Waals surface area contributed by atoms with E-state index >= 15 is 0 Å². The Bertz CT molecular complexity index is 288. The predicted octanol–water partition coefficient (Wildman–Crippen LogP) is 2.97. The zero-order valence-electron chi connectivity index (χ0n) is 12.5. The third kappa shape index (κ3) is 3.43. The van der Waals surface area contributed by atoms with E-state index in [2.05, 4.69) is 44.4 Å². The Hall–Kier alpha value is 0.270. The quantitative estimate of drug-likeness (QED) is 0.836. The summed E-state index contributed by atoms with van der Waals surface area (Å²) in [6, 6.07) is 0.379. The summed E-state index contributed by atoms with van der Waals surface area (Å²) in [5.41, 5.74) is 6.85. The average Bonchev–Trinajstić information content (AvgIpc) is 2.23. The van der Waals surface area contributed by atoms with Gasteiger partial charge in [-0.3, -0.25) is 0 Å². The van der Waals surface area contributed by atoms with Crippen LogP contribution in [-0.4, -0.2) is 41.1 Å². The monoisotopic (exact) mass is 270 g/mol. The van der Waals surface area contributed by atoms with Crippen molar-refractivity contribution in [1.29, 1.82) is 0 Å². The SMILES string of the molecule is CC1(C)CN(CC2CCCC(C)(C)C2N)CCS1. The molecule has 2 atom stereocenters. The van der Waals surface area contributed by atoms with Crippen molar-refractivity contribution in [1.82, 2.24) is 4.90 Å². The summed E-state index contributed by atoms with van der Waals surface area (Å²) >= 11 is 2.11. The van der Waals surface area contributed by atoms with Gasteiger partial charge in [-0.1, -0.05) is 20.3 Å². The molecule has 18 heavy (non-hydrogen) atoms. The zero-order valence-corrected chi connectivity index (χ0v) is 13.4. The van der Waals surface area contributed by atoms with E-state index in [4.69, 9.17) is 5.73 Å². The number of hydrogen-bond acceptors (Lipinski definition) is 3. The second-order valence-electron chi connectivity index (χ2n) is 7.51. The van der Waals surface area contributed by atoms with Crippen LogP contribution in [-0.2, 0) is 0 Å². The molecule has 0 spiro atoms. The van der Waals surface area contributed by atoms with Crippen LogP contribution in [0.25, 0.3) is 0 Å². The molecule has 106 valence electrons. The highest BCUT2D eigenvalue weighted by atomic mass is 32.2. The summed E-state index contributed by atoms with van der Waals surface area (Å²) in [4.78, 5) is 2.66. The van der Waals surface area contributed by atoms with Crippen molar-refractivity contribution in [2.24, 2.45) is 17.1 Å². The van der Waals surface area contributed by atoms with Crippen molar-refractivity contribution in [3.8, 4) is 0 Å². The summed E-state index contributed by atoms with van der Waals surface area (Å²) in [7, 11) is 0. The third-order valence-electron chi connectivity index (χ3n) is 4.80.